The average molecular weight is 458 g/mol. The summed E-state index contributed by atoms with van der Waals surface area (Å²) < 4.78 is 37.6. The minimum atomic E-state index is -3.67. The van der Waals surface area contributed by atoms with Crippen molar-refractivity contribution >= 4 is 26.7 Å². The van der Waals surface area contributed by atoms with Gasteiger partial charge in [0.25, 0.3) is 0 Å². The average Bonchev–Trinajstić information content (AvgIpc) is 3.15. The fourth-order valence-electron chi connectivity index (χ4n) is 4.17. The van der Waals surface area contributed by atoms with Crippen LogP contribution in [0.25, 0.3) is 10.8 Å². The molecule has 2 aromatic carbocycles. The van der Waals surface area contributed by atoms with Crippen LogP contribution in [0, 0.1) is 19.8 Å². The molecule has 1 fully saturated rings. The number of rotatable bonds is 6. The first-order valence-electron chi connectivity index (χ1n) is 10.6. The van der Waals surface area contributed by atoms with Crippen LogP contribution in [0.4, 0.5) is 0 Å². The third kappa shape index (κ3) is 4.35. The summed E-state index contributed by atoms with van der Waals surface area (Å²) in [6.45, 7) is 4.23. The van der Waals surface area contributed by atoms with Gasteiger partial charge in [-0.15, -0.1) is 0 Å². The lowest BCUT2D eigenvalue weighted by atomic mass is 9.97. The van der Waals surface area contributed by atoms with E-state index in [1.54, 1.807) is 21.0 Å². The minimum absolute atomic E-state index is 0.0470. The van der Waals surface area contributed by atoms with E-state index in [-0.39, 0.29) is 22.5 Å². The van der Waals surface area contributed by atoms with Crippen molar-refractivity contribution in [1.82, 2.24) is 14.8 Å². The van der Waals surface area contributed by atoms with Crippen molar-refractivity contribution in [3.05, 3.63) is 53.4 Å². The number of nitrogens with one attached hydrogen (secondary N) is 1. The van der Waals surface area contributed by atoms with E-state index in [0.717, 1.165) is 22.1 Å². The Morgan fingerprint density at radius 2 is 1.84 bits per heavy atom. The molecule has 1 aliphatic heterocycles. The molecule has 0 saturated carbocycles. The van der Waals surface area contributed by atoms with E-state index in [0.29, 0.717) is 38.2 Å². The van der Waals surface area contributed by atoms with Crippen LogP contribution in [0.3, 0.4) is 0 Å². The van der Waals surface area contributed by atoms with Crippen molar-refractivity contribution in [2.45, 2.75) is 38.1 Å². The highest BCUT2D eigenvalue weighted by atomic mass is 32.2. The Morgan fingerprint density at radius 1 is 1.16 bits per heavy atom. The number of hydrogen-bond acceptors (Lipinski definition) is 6. The lowest BCUT2D eigenvalue weighted by molar-refractivity contribution is -0.126. The number of hydrogen-bond donors (Lipinski definition) is 1. The van der Waals surface area contributed by atoms with Gasteiger partial charge in [0.2, 0.25) is 15.9 Å². The molecule has 4 rings (SSSR count). The van der Waals surface area contributed by atoms with Gasteiger partial charge in [0, 0.05) is 25.6 Å². The van der Waals surface area contributed by atoms with Crippen molar-refractivity contribution < 1.29 is 22.5 Å². The van der Waals surface area contributed by atoms with Gasteiger partial charge in [-0.25, -0.2) is 8.42 Å². The van der Waals surface area contributed by atoms with E-state index >= 15 is 0 Å². The van der Waals surface area contributed by atoms with E-state index in [1.807, 2.05) is 36.4 Å². The zero-order valence-corrected chi connectivity index (χ0v) is 19.2. The summed E-state index contributed by atoms with van der Waals surface area (Å²) in [5.74, 6) is 0.836. The number of carbonyl (C=O) groups excluding carboxylic acids is 1. The highest BCUT2D eigenvalue weighted by Gasteiger charge is 2.35. The van der Waals surface area contributed by atoms with Gasteiger partial charge >= 0.3 is 0 Å². The molecule has 0 unspecified atom stereocenters. The molecule has 1 amide bonds. The van der Waals surface area contributed by atoms with Gasteiger partial charge in [0.15, 0.2) is 5.76 Å². The lowest BCUT2D eigenvalue weighted by Gasteiger charge is -2.30. The van der Waals surface area contributed by atoms with E-state index in [2.05, 4.69) is 10.5 Å². The topological polar surface area (TPSA) is 102 Å². The zero-order valence-electron chi connectivity index (χ0n) is 18.4. The largest absolute Gasteiger partial charge is 0.497 e. The minimum Gasteiger partial charge on any atom is -0.497 e. The maximum absolute atomic E-state index is 12.9. The molecule has 2 heterocycles. The zero-order chi connectivity index (χ0) is 22.9. The summed E-state index contributed by atoms with van der Waals surface area (Å²) in [5.41, 5.74) is 1.37. The molecule has 1 aliphatic rings. The monoisotopic (exact) mass is 457 g/mol. The van der Waals surface area contributed by atoms with Crippen LogP contribution in [0.2, 0.25) is 0 Å². The lowest BCUT2D eigenvalue weighted by Crippen LogP contribution is -2.43. The van der Waals surface area contributed by atoms with Crippen molar-refractivity contribution in [2.75, 3.05) is 20.2 Å². The molecule has 0 aliphatic carbocycles. The predicted molar refractivity (Wildman–Crippen MR) is 120 cm³/mol. The van der Waals surface area contributed by atoms with Gasteiger partial charge in [-0.05, 0) is 61.2 Å². The first kappa shape index (κ1) is 22.3. The standard InChI is InChI=1S/C23H27N3O5S/c1-15-22(16(2)31-25-15)32(28,29)26-10-8-18(9-11-26)23(27)24-14-17-4-5-20-13-21(30-3)7-6-19(20)12-17/h4-7,12-13,18H,8-11,14H2,1-3H3,(H,24,27). The van der Waals surface area contributed by atoms with Crippen molar-refractivity contribution in [1.29, 1.82) is 0 Å². The van der Waals surface area contributed by atoms with Crippen LogP contribution >= 0.6 is 0 Å². The van der Waals surface area contributed by atoms with Gasteiger partial charge in [0.05, 0.1) is 7.11 Å². The Balaban J connectivity index is 1.34. The first-order valence-corrected chi connectivity index (χ1v) is 12.0. The Morgan fingerprint density at radius 3 is 2.50 bits per heavy atom. The summed E-state index contributed by atoms with van der Waals surface area (Å²) in [4.78, 5) is 12.8. The third-order valence-corrected chi connectivity index (χ3v) is 8.11. The number of sulfonamides is 1. The van der Waals surface area contributed by atoms with E-state index in [1.165, 1.54) is 4.31 Å². The van der Waals surface area contributed by atoms with Crippen LogP contribution in [0.15, 0.2) is 45.8 Å². The number of aromatic nitrogens is 1. The maximum Gasteiger partial charge on any atom is 0.248 e. The number of fused-ring (bicyclic) bond motifs is 1. The number of benzene rings is 2. The van der Waals surface area contributed by atoms with Crippen molar-refractivity contribution in [3.63, 3.8) is 0 Å². The molecule has 0 spiro atoms. The number of piperidine rings is 1. The molecular weight excluding hydrogens is 430 g/mol. The number of ether oxygens (including phenoxy) is 1. The predicted octanol–water partition coefficient (Wildman–Crippen LogP) is 3.17. The quantitative estimate of drug-likeness (QED) is 0.610. The van der Waals surface area contributed by atoms with Crippen LogP contribution in [0.1, 0.15) is 29.9 Å². The second kappa shape index (κ2) is 8.91. The highest BCUT2D eigenvalue weighted by molar-refractivity contribution is 7.89. The SMILES string of the molecule is COc1ccc2cc(CNC(=O)C3CCN(S(=O)(=O)c4c(C)noc4C)CC3)ccc2c1. The molecule has 9 heteroatoms. The number of amides is 1. The van der Waals surface area contributed by atoms with Gasteiger partial charge in [-0.3, -0.25) is 4.79 Å². The molecule has 0 bridgehead atoms. The molecular formula is C23H27N3O5S. The third-order valence-electron chi connectivity index (χ3n) is 5.97. The Labute approximate surface area is 187 Å². The van der Waals surface area contributed by atoms with E-state index in [4.69, 9.17) is 9.26 Å². The molecule has 0 radical (unpaired) electrons. The van der Waals surface area contributed by atoms with Gasteiger partial charge in [-0.2, -0.15) is 4.31 Å². The molecule has 1 N–H and O–H groups in total. The van der Waals surface area contributed by atoms with E-state index in [9.17, 15) is 13.2 Å². The smallest absolute Gasteiger partial charge is 0.248 e. The number of nitrogens with zero attached hydrogens (tertiary/aromatic N) is 2. The number of carbonyl (C=O) groups is 1. The summed E-state index contributed by atoms with van der Waals surface area (Å²) in [6, 6.07) is 11.9. The Bertz CT molecular complexity index is 1220. The summed E-state index contributed by atoms with van der Waals surface area (Å²) in [6.07, 6.45) is 0.956. The molecule has 32 heavy (non-hydrogen) atoms. The maximum atomic E-state index is 12.9. The van der Waals surface area contributed by atoms with Crippen LogP contribution in [-0.4, -0.2) is 44.0 Å². The van der Waals surface area contributed by atoms with Gasteiger partial charge in [0.1, 0.15) is 16.3 Å². The molecule has 170 valence electrons. The molecule has 3 aromatic rings. The van der Waals surface area contributed by atoms with Crippen LogP contribution in [0.5, 0.6) is 5.75 Å². The van der Waals surface area contributed by atoms with Crippen LogP contribution in [-0.2, 0) is 21.4 Å². The van der Waals surface area contributed by atoms with Crippen molar-refractivity contribution in [2.24, 2.45) is 5.92 Å². The first-order chi connectivity index (χ1) is 15.3. The summed E-state index contributed by atoms with van der Waals surface area (Å²) in [7, 11) is -2.03. The van der Waals surface area contributed by atoms with Gasteiger partial charge in [-0.1, -0.05) is 23.4 Å². The molecule has 0 atom stereocenters. The number of aryl methyl sites for hydroxylation is 2. The fourth-order valence-corrected chi connectivity index (χ4v) is 5.93. The number of methoxy groups -OCH3 is 1. The fraction of sp³-hybridized carbons (Fsp3) is 0.391. The highest BCUT2D eigenvalue weighted by Crippen LogP contribution is 2.28. The Hall–Kier alpha value is -2.91. The van der Waals surface area contributed by atoms with Crippen molar-refractivity contribution in [3.8, 4) is 5.75 Å². The van der Waals surface area contributed by atoms with E-state index < -0.39 is 10.0 Å². The second-order valence-corrected chi connectivity index (χ2v) is 9.97. The molecule has 1 saturated heterocycles. The summed E-state index contributed by atoms with van der Waals surface area (Å²) in [5, 5.41) is 8.90. The van der Waals surface area contributed by atoms with Gasteiger partial charge < -0.3 is 14.6 Å². The van der Waals surface area contributed by atoms with Crippen LogP contribution < -0.4 is 10.1 Å². The normalized spacial score (nSPS) is 15.7. The molecule has 8 nitrogen and oxygen atoms in total. The summed E-state index contributed by atoms with van der Waals surface area (Å²) >= 11 is 0. The Kier molecular flexibility index (Phi) is 6.21. The molecule has 1 aromatic heterocycles. The second-order valence-electron chi connectivity index (χ2n) is 8.10.